The first-order valence-electron chi connectivity index (χ1n) is 5.44. The molecule has 1 amide bonds. The number of methoxy groups -OCH3 is 1. The lowest BCUT2D eigenvalue weighted by Crippen LogP contribution is -2.44. The lowest BCUT2D eigenvalue weighted by molar-refractivity contribution is -0.134. The number of ether oxygens (including phenoxy) is 1. The van der Waals surface area contributed by atoms with E-state index in [2.05, 4.69) is 17.2 Å². The van der Waals surface area contributed by atoms with Crippen molar-refractivity contribution in [3.05, 3.63) is 0 Å². The maximum atomic E-state index is 11.5. The van der Waals surface area contributed by atoms with Crippen LogP contribution in [0.5, 0.6) is 0 Å². The SMILES string of the molecule is CC#CCCNC(=O)CC1(OC)CCC1. The summed E-state index contributed by atoms with van der Waals surface area (Å²) in [7, 11) is 1.69. The molecule has 84 valence electrons. The molecule has 0 atom stereocenters. The van der Waals surface area contributed by atoms with Gasteiger partial charge in [0.25, 0.3) is 0 Å². The highest BCUT2D eigenvalue weighted by molar-refractivity contribution is 5.77. The minimum absolute atomic E-state index is 0.0782. The molecule has 0 saturated heterocycles. The summed E-state index contributed by atoms with van der Waals surface area (Å²) in [6, 6.07) is 0. The van der Waals surface area contributed by atoms with E-state index in [1.165, 1.54) is 6.42 Å². The third-order valence-corrected chi connectivity index (χ3v) is 2.93. The van der Waals surface area contributed by atoms with Crippen molar-refractivity contribution in [2.75, 3.05) is 13.7 Å². The van der Waals surface area contributed by atoms with Crippen molar-refractivity contribution in [3.8, 4) is 11.8 Å². The van der Waals surface area contributed by atoms with Crippen LogP contribution < -0.4 is 5.32 Å². The molecule has 0 bridgehead atoms. The van der Waals surface area contributed by atoms with E-state index in [0.29, 0.717) is 13.0 Å². The van der Waals surface area contributed by atoms with Gasteiger partial charge in [-0.15, -0.1) is 11.8 Å². The molecular formula is C12H19NO2. The molecule has 3 heteroatoms. The third-order valence-electron chi connectivity index (χ3n) is 2.93. The first kappa shape index (κ1) is 12.1. The molecule has 1 saturated carbocycles. The first-order chi connectivity index (χ1) is 7.22. The van der Waals surface area contributed by atoms with E-state index in [1.54, 1.807) is 14.0 Å². The minimum Gasteiger partial charge on any atom is -0.378 e. The van der Waals surface area contributed by atoms with Crippen LogP contribution in [0, 0.1) is 11.8 Å². The minimum atomic E-state index is -0.166. The molecule has 0 radical (unpaired) electrons. The molecule has 1 fully saturated rings. The van der Waals surface area contributed by atoms with Gasteiger partial charge in [-0.1, -0.05) is 0 Å². The predicted molar refractivity (Wildman–Crippen MR) is 59.3 cm³/mol. The predicted octanol–water partition coefficient (Wildman–Crippen LogP) is 1.48. The number of rotatable bonds is 5. The van der Waals surface area contributed by atoms with Gasteiger partial charge in [-0.25, -0.2) is 0 Å². The zero-order valence-corrected chi connectivity index (χ0v) is 9.56. The molecular weight excluding hydrogens is 190 g/mol. The summed E-state index contributed by atoms with van der Waals surface area (Å²) in [5, 5.41) is 2.85. The summed E-state index contributed by atoms with van der Waals surface area (Å²) in [6.45, 7) is 2.44. The molecule has 1 aliphatic rings. The van der Waals surface area contributed by atoms with Crippen molar-refractivity contribution in [3.63, 3.8) is 0 Å². The van der Waals surface area contributed by atoms with E-state index in [0.717, 1.165) is 19.3 Å². The average Bonchev–Trinajstić information content (AvgIpc) is 2.18. The van der Waals surface area contributed by atoms with Crippen LogP contribution in [0.2, 0.25) is 0 Å². The zero-order chi connectivity index (χ0) is 11.1. The summed E-state index contributed by atoms with van der Waals surface area (Å²) in [5.74, 6) is 5.79. The van der Waals surface area contributed by atoms with Crippen LogP contribution >= 0.6 is 0 Å². The molecule has 0 heterocycles. The van der Waals surface area contributed by atoms with Gasteiger partial charge < -0.3 is 10.1 Å². The second-order valence-electron chi connectivity index (χ2n) is 3.94. The van der Waals surface area contributed by atoms with Gasteiger partial charge in [0.05, 0.1) is 12.0 Å². The van der Waals surface area contributed by atoms with E-state index < -0.39 is 0 Å². The maximum absolute atomic E-state index is 11.5. The van der Waals surface area contributed by atoms with Crippen LogP contribution in [0.25, 0.3) is 0 Å². The van der Waals surface area contributed by atoms with Gasteiger partial charge in [0, 0.05) is 20.1 Å². The molecule has 15 heavy (non-hydrogen) atoms. The van der Waals surface area contributed by atoms with E-state index in [4.69, 9.17) is 4.74 Å². The molecule has 1 N–H and O–H groups in total. The number of nitrogens with one attached hydrogen (secondary N) is 1. The summed E-state index contributed by atoms with van der Waals surface area (Å²) in [5.41, 5.74) is -0.166. The Balaban J connectivity index is 2.19. The number of amides is 1. The van der Waals surface area contributed by atoms with Gasteiger partial charge in [0.15, 0.2) is 0 Å². The molecule has 0 spiro atoms. The second-order valence-corrected chi connectivity index (χ2v) is 3.94. The van der Waals surface area contributed by atoms with Gasteiger partial charge in [-0.3, -0.25) is 4.79 Å². The van der Waals surface area contributed by atoms with E-state index >= 15 is 0 Å². The van der Waals surface area contributed by atoms with Crippen LogP contribution in [0.1, 0.15) is 39.0 Å². The van der Waals surface area contributed by atoms with Crippen LogP contribution in [0.15, 0.2) is 0 Å². The van der Waals surface area contributed by atoms with Gasteiger partial charge in [0.1, 0.15) is 0 Å². The van der Waals surface area contributed by atoms with E-state index in [1.807, 2.05) is 0 Å². The molecule has 1 aliphatic carbocycles. The number of carbonyl (C=O) groups is 1. The number of hydrogen-bond donors (Lipinski definition) is 1. The molecule has 1 rings (SSSR count). The summed E-state index contributed by atoms with van der Waals surface area (Å²) < 4.78 is 5.38. The Morgan fingerprint density at radius 3 is 2.73 bits per heavy atom. The summed E-state index contributed by atoms with van der Waals surface area (Å²) in [4.78, 5) is 11.5. The van der Waals surface area contributed by atoms with Crippen molar-refractivity contribution >= 4 is 5.91 Å². The Hall–Kier alpha value is -1.01. The summed E-state index contributed by atoms with van der Waals surface area (Å²) in [6.07, 6.45) is 4.39. The molecule has 0 aliphatic heterocycles. The highest BCUT2D eigenvalue weighted by Gasteiger charge is 2.38. The van der Waals surface area contributed by atoms with Crippen molar-refractivity contribution < 1.29 is 9.53 Å². The molecule has 3 nitrogen and oxygen atoms in total. The quantitative estimate of drug-likeness (QED) is 0.550. The Kier molecular flexibility index (Phi) is 4.64. The standard InChI is InChI=1S/C12H19NO2/c1-3-4-5-9-13-11(14)10-12(15-2)7-6-8-12/h5-10H2,1-2H3,(H,13,14). The summed E-state index contributed by atoms with van der Waals surface area (Å²) >= 11 is 0. The normalized spacial score (nSPS) is 17.2. The van der Waals surface area contributed by atoms with Crippen molar-refractivity contribution in [2.24, 2.45) is 0 Å². The Morgan fingerprint density at radius 1 is 1.53 bits per heavy atom. The largest absolute Gasteiger partial charge is 0.378 e. The van der Waals surface area contributed by atoms with Gasteiger partial charge >= 0.3 is 0 Å². The molecule has 0 aromatic carbocycles. The van der Waals surface area contributed by atoms with Crippen LogP contribution in [0.3, 0.4) is 0 Å². The van der Waals surface area contributed by atoms with E-state index in [9.17, 15) is 4.79 Å². The lowest BCUT2D eigenvalue weighted by Gasteiger charge is -2.39. The Morgan fingerprint density at radius 2 is 2.27 bits per heavy atom. The van der Waals surface area contributed by atoms with Crippen molar-refractivity contribution in [2.45, 2.75) is 44.6 Å². The topological polar surface area (TPSA) is 38.3 Å². The highest BCUT2D eigenvalue weighted by atomic mass is 16.5. The fraction of sp³-hybridized carbons (Fsp3) is 0.750. The third kappa shape index (κ3) is 3.56. The monoisotopic (exact) mass is 209 g/mol. The number of carbonyl (C=O) groups excluding carboxylic acids is 1. The Bertz CT molecular complexity index is 266. The van der Waals surface area contributed by atoms with Crippen molar-refractivity contribution in [1.29, 1.82) is 0 Å². The average molecular weight is 209 g/mol. The fourth-order valence-corrected chi connectivity index (χ4v) is 1.77. The van der Waals surface area contributed by atoms with Crippen LogP contribution in [-0.2, 0) is 9.53 Å². The number of hydrogen-bond acceptors (Lipinski definition) is 2. The van der Waals surface area contributed by atoms with Crippen molar-refractivity contribution in [1.82, 2.24) is 5.32 Å². The van der Waals surface area contributed by atoms with Gasteiger partial charge in [-0.2, -0.15) is 0 Å². The second kappa shape index (κ2) is 5.77. The van der Waals surface area contributed by atoms with Crippen LogP contribution in [-0.4, -0.2) is 25.2 Å². The smallest absolute Gasteiger partial charge is 0.222 e. The van der Waals surface area contributed by atoms with E-state index in [-0.39, 0.29) is 11.5 Å². The highest BCUT2D eigenvalue weighted by Crippen LogP contribution is 2.37. The molecule has 0 aromatic heterocycles. The first-order valence-corrected chi connectivity index (χ1v) is 5.44. The zero-order valence-electron chi connectivity index (χ0n) is 9.56. The molecule has 0 unspecified atom stereocenters. The van der Waals surface area contributed by atoms with Gasteiger partial charge in [-0.05, 0) is 26.2 Å². The lowest BCUT2D eigenvalue weighted by atomic mass is 9.77. The van der Waals surface area contributed by atoms with Gasteiger partial charge in [0.2, 0.25) is 5.91 Å². The maximum Gasteiger partial charge on any atom is 0.222 e. The fourth-order valence-electron chi connectivity index (χ4n) is 1.77. The Labute approximate surface area is 91.6 Å². The molecule has 0 aromatic rings. The van der Waals surface area contributed by atoms with Crippen LogP contribution in [0.4, 0.5) is 0 Å².